The highest BCUT2D eigenvalue weighted by Crippen LogP contribution is 2.36. The summed E-state index contributed by atoms with van der Waals surface area (Å²) < 4.78 is 26.6. The van der Waals surface area contributed by atoms with E-state index in [1.54, 1.807) is 0 Å². The van der Waals surface area contributed by atoms with Crippen LogP contribution < -0.4 is 10.8 Å². The van der Waals surface area contributed by atoms with Crippen LogP contribution in [0.4, 0.5) is 4.39 Å². The van der Waals surface area contributed by atoms with E-state index in [1.165, 1.54) is 0 Å². The lowest BCUT2D eigenvalue weighted by Crippen LogP contribution is -2.41. The van der Waals surface area contributed by atoms with Crippen molar-refractivity contribution in [3.63, 3.8) is 0 Å². The van der Waals surface area contributed by atoms with Crippen molar-refractivity contribution in [2.24, 2.45) is 0 Å². The first-order chi connectivity index (χ1) is 9.32. The van der Waals surface area contributed by atoms with Crippen LogP contribution >= 0.6 is 0 Å². The molecule has 0 unspecified atom stereocenters. The highest BCUT2D eigenvalue weighted by Gasteiger charge is 2.52. The molecule has 0 aliphatic carbocycles. The van der Waals surface area contributed by atoms with E-state index in [-0.39, 0.29) is 5.82 Å². The van der Waals surface area contributed by atoms with Crippen LogP contribution in [0.2, 0.25) is 0 Å². The molecule has 2 aliphatic rings. The molecule has 0 atom stereocenters. The molecule has 1 aromatic carbocycles. The molecule has 1 fully saturated rings. The quantitative estimate of drug-likeness (QED) is 0.794. The molecule has 0 bridgehead atoms. The Kier molecular flexibility index (Phi) is 3.20. The number of rotatable bonds is 1. The van der Waals surface area contributed by atoms with Gasteiger partial charge in [0.2, 0.25) is 0 Å². The summed E-state index contributed by atoms with van der Waals surface area (Å²) in [7, 11) is -0.632. The van der Waals surface area contributed by atoms with Gasteiger partial charge in [0, 0.05) is 17.6 Å². The van der Waals surface area contributed by atoms with Gasteiger partial charge in [0.15, 0.2) is 0 Å². The topological polar surface area (TPSA) is 30.5 Å². The summed E-state index contributed by atoms with van der Waals surface area (Å²) in [5.41, 5.74) is 1.45. The molecular formula is C15H21BFNO2. The molecule has 0 saturated carbocycles. The van der Waals surface area contributed by atoms with Crippen molar-refractivity contribution in [3.05, 3.63) is 29.1 Å². The lowest BCUT2D eigenvalue weighted by Gasteiger charge is -2.32. The lowest BCUT2D eigenvalue weighted by atomic mass is 9.76. The second-order valence-corrected chi connectivity index (χ2v) is 6.62. The fourth-order valence-electron chi connectivity index (χ4n) is 2.69. The van der Waals surface area contributed by atoms with Gasteiger partial charge >= 0.3 is 7.12 Å². The van der Waals surface area contributed by atoms with Crippen molar-refractivity contribution in [1.29, 1.82) is 0 Å². The predicted octanol–water partition coefficient (Wildman–Crippen LogP) is 1.77. The first kappa shape index (κ1) is 14.0. The van der Waals surface area contributed by atoms with Crippen LogP contribution in [-0.2, 0) is 22.3 Å². The molecule has 2 heterocycles. The Labute approximate surface area is 120 Å². The largest absolute Gasteiger partial charge is 0.497 e. The van der Waals surface area contributed by atoms with E-state index in [9.17, 15) is 4.39 Å². The number of hydrogen-bond acceptors (Lipinski definition) is 3. The fraction of sp³-hybridized carbons (Fsp3) is 0.600. The molecule has 0 amide bonds. The SMILES string of the molecule is CC1(C)OB(c2ccc3c(c2F)CNCC3)OC1(C)C. The summed E-state index contributed by atoms with van der Waals surface area (Å²) in [6.07, 6.45) is 0.871. The Bertz CT molecular complexity index is 529. The molecular weight excluding hydrogens is 256 g/mol. The van der Waals surface area contributed by atoms with Crippen molar-refractivity contribution in [2.75, 3.05) is 6.54 Å². The number of nitrogens with one attached hydrogen (secondary N) is 1. The lowest BCUT2D eigenvalue weighted by molar-refractivity contribution is 0.00578. The maximum Gasteiger partial charge on any atom is 0.497 e. The molecule has 3 nitrogen and oxygen atoms in total. The van der Waals surface area contributed by atoms with Crippen molar-refractivity contribution in [2.45, 2.75) is 51.9 Å². The molecule has 1 N–H and O–H groups in total. The summed E-state index contributed by atoms with van der Waals surface area (Å²) in [5, 5.41) is 3.21. The molecule has 108 valence electrons. The summed E-state index contributed by atoms with van der Waals surface area (Å²) >= 11 is 0. The molecule has 3 rings (SSSR count). The first-order valence-electron chi connectivity index (χ1n) is 7.18. The van der Waals surface area contributed by atoms with Crippen LogP contribution in [0.25, 0.3) is 0 Å². The summed E-state index contributed by atoms with van der Waals surface area (Å²) in [5.74, 6) is -0.187. The van der Waals surface area contributed by atoms with Gasteiger partial charge in [-0.15, -0.1) is 0 Å². The van der Waals surface area contributed by atoms with Gasteiger partial charge < -0.3 is 14.6 Å². The summed E-state index contributed by atoms with van der Waals surface area (Å²) in [6.45, 7) is 9.39. The van der Waals surface area contributed by atoms with E-state index in [1.807, 2.05) is 39.8 Å². The molecule has 0 spiro atoms. The zero-order valence-corrected chi connectivity index (χ0v) is 12.5. The third-order valence-corrected chi connectivity index (χ3v) is 4.75. The maximum atomic E-state index is 14.7. The standard InChI is InChI=1S/C15H21BFNO2/c1-14(2)15(3,4)20-16(19-14)12-6-5-10-7-8-18-9-11(10)13(12)17/h5-6,18H,7-9H2,1-4H3. The van der Waals surface area contributed by atoms with Crippen LogP contribution in [0.3, 0.4) is 0 Å². The molecule has 5 heteroatoms. The van der Waals surface area contributed by atoms with Crippen LogP contribution in [0.5, 0.6) is 0 Å². The Balaban J connectivity index is 1.96. The van der Waals surface area contributed by atoms with Crippen molar-refractivity contribution in [1.82, 2.24) is 5.32 Å². The summed E-state index contributed by atoms with van der Waals surface area (Å²) in [6, 6.07) is 3.81. The average Bonchev–Trinajstić information content (AvgIpc) is 2.59. The Morgan fingerprint density at radius 3 is 2.45 bits per heavy atom. The molecule has 20 heavy (non-hydrogen) atoms. The highest BCUT2D eigenvalue weighted by molar-refractivity contribution is 6.62. The molecule has 0 radical (unpaired) electrons. The van der Waals surface area contributed by atoms with Gasteiger partial charge in [-0.2, -0.15) is 0 Å². The van der Waals surface area contributed by atoms with Crippen molar-refractivity contribution < 1.29 is 13.7 Å². The van der Waals surface area contributed by atoms with E-state index in [0.29, 0.717) is 12.0 Å². The van der Waals surface area contributed by atoms with Crippen LogP contribution in [0.1, 0.15) is 38.8 Å². The monoisotopic (exact) mass is 277 g/mol. The zero-order valence-electron chi connectivity index (χ0n) is 12.5. The number of benzene rings is 1. The normalized spacial score (nSPS) is 23.8. The average molecular weight is 277 g/mol. The minimum Gasteiger partial charge on any atom is -0.399 e. The molecule has 0 aromatic heterocycles. The third-order valence-electron chi connectivity index (χ3n) is 4.75. The summed E-state index contributed by atoms with van der Waals surface area (Å²) in [4.78, 5) is 0. The van der Waals surface area contributed by atoms with Gasteiger partial charge in [0.25, 0.3) is 0 Å². The van der Waals surface area contributed by atoms with Crippen molar-refractivity contribution >= 4 is 12.6 Å². The van der Waals surface area contributed by atoms with Crippen LogP contribution in [0.15, 0.2) is 12.1 Å². The number of halogens is 1. The smallest absolute Gasteiger partial charge is 0.399 e. The van der Waals surface area contributed by atoms with Crippen LogP contribution in [-0.4, -0.2) is 24.9 Å². The van der Waals surface area contributed by atoms with Crippen molar-refractivity contribution in [3.8, 4) is 0 Å². The van der Waals surface area contributed by atoms with Gasteiger partial charge in [-0.1, -0.05) is 12.1 Å². The van der Waals surface area contributed by atoms with Gasteiger partial charge in [-0.25, -0.2) is 4.39 Å². The highest BCUT2D eigenvalue weighted by atomic mass is 19.1. The Hall–Kier alpha value is -0.905. The Morgan fingerprint density at radius 2 is 1.80 bits per heavy atom. The van der Waals surface area contributed by atoms with Crippen LogP contribution in [0, 0.1) is 5.82 Å². The second kappa shape index (κ2) is 4.55. The third kappa shape index (κ3) is 2.08. The predicted molar refractivity (Wildman–Crippen MR) is 77.5 cm³/mol. The number of fused-ring (bicyclic) bond motifs is 1. The van der Waals surface area contributed by atoms with E-state index in [2.05, 4.69) is 5.32 Å². The van der Waals surface area contributed by atoms with E-state index >= 15 is 0 Å². The van der Waals surface area contributed by atoms with E-state index < -0.39 is 18.3 Å². The minimum atomic E-state index is -0.632. The van der Waals surface area contributed by atoms with Gasteiger partial charge in [0.1, 0.15) is 5.82 Å². The number of hydrogen-bond donors (Lipinski definition) is 1. The van der Waals surface area contributed by atoms with Gasteiger partial charge in [-0.05, 0) is 46.2 Å². The van der Waals surface area contributed by atoms with E-state index in [4.69, 9.17) is 9.31 Å². The van der Waals surface area contributed by atoms with E-state index in [0.717, 1.165) is 24.1 Å². The molecule has 1 saturated heterocycles. The Morgan fingerprint density at radius 1 is 1.15 bits per heavy atom. The van der Waals surface area contributed by atoms with Gasteiger partial charge in [-0.3, -0.25) is 0 Å². The second-order valence-electron chi connectivity index (χ2n) is 6.62. The molecule has 1 aromatic rings. The maximum absolute atomic E-state index is 14.7. The zero-order chi connectivity index (χ0) is 14.5. The fourth-order valence-corrected chi connectivity index (χ4v) is 2.69. The van der Waals surface area contributed by atoms with Gasteiger partial charge in [0.05, 0.1) is 11.2 Å². The molecule has 2 aliphatic heterocycles. The first-order valence-corrected chi connectivity index (χ1v) is 7.18. The minimum absolute atomic E-state index is 0.187.